The first-order valence-electron chi connectivity index (χ1n) is 39.0. The van der Waals surface area contributed by atoms with E-state index in [1.807, 2.05) is 50.3 Å². The molecule has 11 N–H and O–H groups in total. The van der Waals surface area contributed by atoms with Gasteiger partial charge in [-0.25, -0.2) is 14.7 Å². The van der Waals surface area contributed by atoms with E-state index in [4.69, 9.17) is 82.1 Å². The molecule has 1 aromatic carbocycles. The molecule has 9 unspecified atom stereocenters. The fourth-order valence-electron chi connectivity index (χ4n) is 10.8. The van der Waals surface area contributed by atoms with Gasteiger partial charge in [-0.3, -0.25) is 67.0 Å². The summed E-state index contributed by atoms with van der Waals surface area (Å²) >= 11 is 3.32. The molecule has 6 amide bonds. The Morgan fingerprint density at radius 1 is 0.627 bits per heavy atom. The summed E-state index contributed by atoms with van der Waals surface area (Å²) in [6, 6.07) is 4.78. The van der Waals surface area contributed by atoms with Gasteiger partial charge in [0.1, 0.15) is 50.7 Å². The molecular weight excluding hydrogens is 1700 g/mol. The molecule has 2 heterocycles. The summed E-state index contributed by atoms with van der Waals surface area (Å²) in [5.41, 5.74) is 2.15. The molecular formula is C77H125FIN7O31S. The highest BCUT2D eigenvalue weighted by atomic mass is 127. The normalized spacial score (nSPS) is 16.6. The van der Waals surface area contributed by atoms with Crippen molar-refractivity contribution in [1.82, 2.24) is 30.9 Å². The molecule has 38 nitrogen and oxygen atoms in total. The molecule has 1 saturated heterocycles. The number of carbonyl (C=O) groups is 11. The fourth-order valence-corrected chi connectivity index (χ4v) is 12.3. The molecule has 1 aliphatic carbocycles. The van der Waals surface area contributed by atoms with E-state index in [1.54, 1.807) is 13.1 Å². The van der Waals surface area contributed by atoms with Crippen molar-refractivity contribution in [3.05, 3.63) is 55.1 Å². The summed E-state index contributed by atoms with van der Waals surface area (Å²) in [7, 11) is 8.74. The third-order valence-corrected chi connectivity index (χ3v) is 19.8. The molecule has 41 heteroatoms. The van der Waals surface area contributed by atoms with Crippen molar-refractivity contribution < 1.29 is 149 Å². The number of hydrogen-bond donors (Lipinski definition) is 11. The number of anilines is 2. The topological polar surface area (TPSA) is 515 Å². The summed E-state index contributed by atoms with van der Waals surface area (Å²) in [5, 5.41) is 63.4. The Labute approximate surface area is 705 Å². The molecule has 0 radical (unpaired) electrons. The SMILES string of the molecule is CCC(CO)OC(CO)OC.CCC(CO)OC(COC(=O)CCCC(=O)NCCSC1CC(=O)N(CC2CCC(C(=O)NC)CC2)C1=O)OC.CCC(CO)OC(COC(=O)CCCC(=O)N[C@@H](C)C(=O)OCCONC(=O)c1cc(C)c(=O)n(C)c1Nc1ccc(I)cc1F)OC.CCC(CO)OC(COC(=O)CCCC(=O)O)OC. The highest BCUT2D eigenvalue weighted by Gasteiger charge is 2.40. The number of amides is 6. The van der Waals surface area contributed by atoms with Gasteiger partial charge in [-0.2, -0.15) is 0 Å². The van der Waals surface area contributed by atoms with Crippen LogP contribution >= 0.6 is 34.4 Å². The van der Waals surface area contributed by atoms with E-state index < -0.39 is 96.1 Å². The molecule has 118 heavy (non-hydrogen) atoms. The van der Waals surface area contributed by atoms with Gasteiger partial charge >= 0.3 is 29.8 Å². The minimum absolute atomic E-state index is 0.00508. The lowest BCUT2D eigenvalue weighted by Gasteiger charge is -2.29. The van der Waals surface area contributed by atoms with Crippen LogP contribution in [-0.4, -0.2) is 287 Å². The maximum absolute atomic E-state index is 14.5. The number of aliphatic hydroxyl groups excluding tert-OH is 5. The standard InChI is InChI=1S/C31H42FIN4O11.C27H45N3O9S.C12H22O7.C7H16O4/c1-6-21(16-38)48-27(44-5)17-46-26(40)9-7-8-25(39)34-19(3)31(43)45-12-13-47-36-29(41)22-14-18(2)30(42)37(4)28(22)35-24-11-10-20(33)15-23(24)32;1-4-20(16-31)39-25(37-3)17-38-24(34)7-5-6-22(32)29-12-13-40-21-14-23(33)30(27(21)36)15-18-8-10-19(11-9-18)26(35)28-2;1-3-9(7-13)19-12(17-2)8-18-11(16)6-4-5-10(14)15;1-3-6(4-8)11-7(5-9)10-2/h10-11,14-15,19,21,27,35,38H,6-9,12-13,16-17H2,1-5H3,(H,34,39)(H,36,41);18-21,25,31H,4-17H2,1-3H3,(H,28,35)(H,29,32);9,12-13H,3-8H2,1-2H3,(H,14,15);6-9H,3-5H2,1-2H3/t19-,21?,27?;;;/m0.../s1. The highest BCUT2D eigenvalue weighted by Crippen LogP contribution is 2.33. The number of imide groups is 1. The second-order valence-corrected chi connectivity index (χ2v) is 29.3. The van der Waals surface area contributed by atoms with Crippen molar-refractivity contribution in [1.29, 1.82) is 0 Å². The van der Waals surface area contributed by atoms with Crippen LogP contribution in [0.15, 0.2) is 29.1 Å². The van der Waals surface area contributed by atoms with Gasteiger partial charge in [0.15, 0.2) is 25.2 Å². The van der Waals surface area contributed by atoms with Crippen LogP contribution in [0.25, 0.3) is 0 Å². The number of esters is 4. The monoisotopic (exact) mass is 1820 g/mol. The van der Waals surface area contributed by atoms with Crippen molar-refractivity contribution >= 4 is 111 Å². The largest absolute Gasteiger partial charge is 0.481 e. The Bertz CT molecular complexity index is 3350. The van der Waals surface area contributed by atoms with Crippen LogP contribution in [0, 0.1) is 28.1 Å². The first-order chi connectivity index (χ1) is 56.3. The second kappa shape index (κ2) is 63.7. The van der Waals surface area contributed by atoms with E-state index in [-0.39, 0.29) is 200 Å². The van der Waals surface area contributed by atoms with Crippen LogP contribution in [0.4, 0.5) is 15.9 Å². The number of ether oxygens (including phenoxy) is 12. The number of carbonyl (C=O) groups excluding carboxylic acids is 10. The zero-order chi connectivity index (χ0) is 88.7. The molecule has 674 valence electrons. The third kappa shape index (κ3) is 44.9. The predicted molar refractivity (Wildman–Crippen MR) is 432 cm³/mol. The van der Waals surface area contributed by atoms with Crippen molar-refractivity contribution in [2.45, 2.75) is 218 Å². The number of benzene rings is 1. The summed E-state index contributed by atoms with van der Waals surface area (Å²) in [4.78, 5) is 151. The molecule has 0 bridgehead atoms. The smallest absolute Gasteiger partial charge is 0.328 e. The average molecular weight is 1820 g/mol. The zero-order valence-electron chi connectivity index (χ0n) is 69.6. The van der Waals surface area contributed by atoms with E-state index in [2.05, 4.69) is 26.7 Å². The number of aromatic nitrogens is 1. The number of aryl methyl sites for hydroxylation is 1. The summed E-state index contributed by atoms with van der Waals surface area (Å²) in [6.07, 6.45) is 2.22. The molecule has 2 aliphatic rings. The van der Waals surface area contributed by atoms with Gasteiger partial charge in [0.05, 0.1) is 74.0 Å². The fraction of sp³-hybridized carbons (Fsp3) is 0.714. The Morgan fingerprint density at radius 2 is 1.10 bits per heavy atom. The van der Waals surface area contributed by atoms with Crippen molar-refractivity contribution in [3.63, 3.8) is 0 Å². The first-order valence-corrected chi connectivity index (χ1v) is 41.2. The Balaban J connectivity index is 0.000000886. The lowest BCUT2D eigenvalue weighted by atomic mass is 9.81. The van der Waals surface area contributed by atoms with Crippen molar-refractivity contribution in [3.8, 4) is 0 Å². The number of aliphatic carboxylic acids is 1. The quantitative estimate of drug-likeness (QED) is 0.00856. The van der Waals surface area contributed by atoms with Gasteiger partial charge in [0, 0.05) is 121 Å². The number of carboxylic acids is 1. The van der Waals surface area contributed by atoms with Gasteiger partial charge in [-0.1, -0.05) is 27.7 Å². The Hall–Kier alpha value is -7.21. The summed E-state index contributed by atoms with van der Waals surface area (Å²) in [5.74, 6) is -4.74. The number of likely N-dealkylation sites (tertiary alicyclic amines) is 1. The van der Waals surface area contributed by atoms with Crippen molar-refractivity contribution in [2.75, 3.05) is 126 Å². The summed E-state index contributed by atoms with van der Waals surface area (Å²) in [6.45, 7) is 9.56. The lowest BCUT2D eigenvalue weighted by Crippen LogP contribution is -2.40. The Morgan fingerprint density at radius 3 is 1.54 bits per heavy atom. The molecule has 1 saturated carbocycles. The van der Waals surface area contributed by atoms with E-state index in [0.717, 1.165) is 25.7 Å². The maximum atomic E-state index is 14.5. The van der Waals surface area contributed by atoms with Crippen LogP contribution in [-0.2, 0) is 117 Å². The molecule has 2 fully saturated rings. The van der Waals surface area contributed by atoms with E-state index in [1.165, 1.54) is 88.8 Å². The number of thioether (sulfide) groups is 1. The second-order valence-electron chi connectivity index (χ2n) is 26.8. The summed E-state index contributed by atoms with van der Waals surface area (Å²) < 4.78 is 77.9. The number of hydrogen-bond acceptors (Lipinski definition) is 32. The lowest BCUT2D eigenvalue weighted by molar-refractivity contribution is -0.194. The molecule has 10 atom stereocenters. The zero-order valence-corrected chi connectivity index (χ0v) is 72.6. The number of rotatable bonds is 55. The number of methoxy groups -OCH3 is 4. The number of pyridine rings is 1. The van der Waals surface area contributed by atoms with Gasteiger partial charge in [-0.05, 0) is 137 Å². The van der Waals surface area contributed by atoms with Crippen LogP contribution in [0.2, 0.25) is 0 Å². The predicted octanol–water partition coefficient (Wildman–Crippen LogP) is 3.64. The van der Waals surface area contributed by atoms with E-state index in [0.29, 0.717) is 54.5 Å². The van der Waals surface area contributed by atoms with E-state index >= 15 is 0 Å². The van der Waals surface area contributed by atoms with Gasteiger partial charge in [0.2, 0.25) is 29.5 Å². The minimum Gasteiger partial charge on any atom is -0.481 e. The number of nitrogens with one attached hydrogen (secondary N) is 5. The van der Waals surface area contributed by atoms with Gasteiger partial charge in [-0.15, -0.1) is 11.8 Å². The number of carboxylic acid groups (broad SMARTS) is 1. The minimum atomic E-state index is -0.999. The highest BCUT2D eigenvalue weighted by molar-refractivity contribution is 14.1. The van der Waals surface area contributed by atoms with Gasteiger partial charge < -0.3 is 109 Å². The molecule has 4 rings (SSSR count). The number of halogens is 2. The molecule has 1 aromatic heterocycles. The number of aliphatic hydroxyl groups is 5. The van der Waals surface area contributed by atoms with Crippen LogP contribution < -0.4 is 32.3 Å². The Kier molecular flexibility index (Phi) is 58.8. The number of nitrogens with zero attached hydrogens (tertiary/aromatic N) is 2. The van der Waals surface area contributed by atoms with E-state index in [9.17, 15) is 72.1 Å². The number of hydroxylamine groups is 1. The third-order valence-electron chi connectivity index (χ3n) is 17.9. The molecule has 1 aliphatic heterocycles. The average Bonchev–Trinajstić information content (AvgIpc) is 0.906. The van der Waals surface area contributed by atoms with Crippen LogP contribution in [0.3, 0.4) is 0 Å². The van der Waals surface area contributed by atoms with Crippen molar-refractivity contribution in [2.24, 2.45) is 18.9 Å². The van der Waals surface area contributed by atoms with Crippen LogP contribution in [0.1, 0.15) is 166 Å². The molecule has 0 spiro atoms. The van der Waals surface area contributed by atoms with Gasteiger partial charge in [0.25, 0.3) is 11.5 Å². The van der Waals surface area contributed by atoms with Crippen LogP contribution in [0.5, 0.6) is 0 Å². The molecule has 2 aromatic rings. The maximum Gasteiger partial charge on any atom is 0.328 e. The first kappa shape index (κ1) is 109.